The van der Waals surface area contributed by atoms with E-state index in [1.54, 1.807) is 0 Å². The number of hydrogen-bond donors (Lipinski definition) is 1. The quantitative estimate of drug-likeness (QED) is 0.876. The molecule has 1 aromatic heterocycles. The molecule has 1 heterocycles. The molecule has 2 rings (SSSR count). The van der Waals surface area contributed by atoms with Gasteiger partial charge in [0.2, 0.25) is 0 Å². The SMILES string of the molecule is C[C@@H](N)c1ccc(N(C)c2ccccc2)nc1. The van der Waals surface area contributed by atoms with Crippen LogP contribution in [0.4, 0.5) is 11.5 Å². The van der Waals surface area contributed by atoms with E-state index in [2.05, 4.69) is 17.1 Å². The van der Waals surface area contributed by atoms with E-state index in [1.807, 2.05) is 55.4 Å². The fourth-order valence-corrected chi connectivity index (χ4v) is 1.65. The third kappa shape index (κ3) is 2.63. The maximum absolute atomic E-state index is 5.80. The van der Waals surface area contributed by atoms with Crippen LogP contribution >= 0.6 is 0 Å². The highest BCUT2D eigenvalue weighted by Gasteiger charge is 2.05. The molecule has 0 aliphatic heterocycles. The van der Waals surface area contributed by atoms with E-state index < -0.39 is 0 Å². The first kappa shape index (κ1) is 11.6. The van der Waals surface area contributed by atoms with E-state index in [-0.39, 0.29) is 6.04 Å². The smallest absolute Gasteiger partial charge is 0.132 e. The minimum absolute atomic E-state index is 0.0265. The summed E-state index contributed by atoms with van der Waals surface area (Å²) < 4.78 is 0. The van der Waals surface area contributed by atoms with E-state index in [0.29, 0.717) is 0 Å². The molecule has 0 bridgehead atoms. The van der Waals surface area contributed by atoms with E-state index >= 15 is 0 Å². The number of nitrogens with two attached hydrogens (primary N) is 1. The summed E-state index contributed by atoms with van der Waals surface area (Å²) in [5.41, 5.74) is 7.97. The van der Waals surface area contributed by atoms with Crippen molar-refractivity contribution in [2.24, 2.45) is 5.73 Å². The Labute approximate surface area is 102 Å². The van der Waals surface area contributed by atoms with Crippen LogP contribution < -0.4 is 10.6 Å². The van der Waals surface area contributed by atoms with Crippen LogP contribution in [-0.4, -0.2) is 12.0 Å². The van der Waals surface area contributed by atoms with E-state index in [4.69, 9.17) is 5.73 Å². The second-order valence-corrected chi connectivity index (χ2v) is 4.13. The minimum Gasteiger partial charge on any atom is -0.329 e. The van der Waals surface area contributed by atoms with Gasteiger partial charge in [-0.2, -0.15) is 0 Å². The summed E-state index contributed by atoms with van der Waals surface area (Å²) in [4.78, 5) is 6.47. The van der Waals surface area contributed by atoms with Crippen LogP contribution in [0.15, 0.2) is 48.7 Å². The van der Waals surface area contributed by atoms with Gasteiger partial charge in [-0.1, -0.05) is 24.3 Å². The second-order valence-electron chi connectivity index (χ2n) is 4.13. The van der Waals surface area contributed by atoms with Gasteiger partial charge < -0.3 is 10.6 Å². The fourth-order valence-electron chi connectivity index (χ4n) is 1.65. The molecule has 0 unspecified atom stereocenters. The Morgan fingerprint density at radius 3 is 2.35 bits per heavy atom. The van der Waals surface area contributed by atoms with Crippen LogP contribution in [0.1, 0.15) is 18.5 Å². The van der Waals surface area contributed by atoms with Gasteiger partial charge in [0.15, 0.2) is 0 Å². The van der Waals surface area contributed by atoms with Crippen molar-refractivity contribution in [2.45, 2.75) is 13.0 Å². The maximum atomic E-state index is 5.80. The number of rotatable bonds is 3. The largest absolute Gasteiger partial charge is 0.329 e. The average molecular weight is 227 g/mol. The van der Waals surface area contributed by atoms with Gasteiger partial charge >= 0.3 is 0 Å². The van der Waals surface area contributed by atoms with Crippen LogP contribution in [0.25, 0.3) is 0 Å². The summed E-state index contributed by atoms with van der Waals surface area (Å²) in [5, 5.41) is 0. The molecule has 0 saturated heterocycles. The molecule has 0 amide bonds. The van der Waals surface area contributed by atoms with Gasteiger partial charge in [-0.25, -0.2) is 4.98 Å². The number of pyridine rings is 1. The summed E-state index contributed by atoms with van der Waals surface area (Å²) in [5.74, 6) is 0.917. The van der Waals surface area contributed by atoms with Crippen molar-refractivity contribution >= 4 is 11.5 Å². The molecule has 17 heavy (non-hydrogen) atoms. The maximum Gasteiger partial charge on any atom is 0.132 e. The van der Waals surface area contributed by atoms with Gasteiger partial charge in [0.1, 0.15) is 5.82 Å². The normalized spacial score (nSPS) is 12.2. The molecule has 1 aromatic carbocycles. The van der Waals surface area contributed by atoms with Gasteiger partial charge in [-0.15, -0.1) is 0 Å². The minimum atomic E-state index is 0.0265. The molecule has 2 N–H and O–H groups in total. The van der Waals surface area contributed by atoms with Crippen molar-refractivity contribution in [1.29, 1.82) is 0 Å². The van der Waals surface area contributed by atoms with Crippen molar-refractivity contribution in [3.05, 3.63) is 54.2 Å². The predicted molar refractivity (Wildman–Crippen MR) is 71.3 cm³/mol. The third-order valence-corrected chi connectivity index (χ3v) is 2.78. The number of para-hydroxylation sites is 1. The zero-order valence-corrected chi connectivity index (χ0v) is 10.2. The van der Waals surface area contributed by atoms with Crippen molar-refractivity contribution in [2.75, 3.05) is 11.9 Å². The van der Waals surface area contributed by atoms with Gasteiger partial charge in [-0.3, -0.25) is 0 Å². The third-order valence-electron chi connectivity index (χ3n) is 2.78. The second kappa shape index (κ2) is 4.97. The van der Waals surface area contributed by atoms with Crippen LogP contribution in [0.3, 0.4) is 0 Å². The molecule has 88 valence electrons. The van der Waals surface area contributed by atoms with Crippen molar-refractivity contribution in [3.8, 4) is 0 Å². The summed E-state index contributed by atoms with van der Waals surface area (Å²) in [7, 11) is 2.00. The van der Waals surface area contributed by atoms with Crippen molar-refractivity contribution in [3.63, 3.8) is 0 Å². The van der Waals surface area contributed by atoms with Gasteiger partial charge in [-0.05, 0) is 30.7 Å². The Balaban J connectivity index is 2.23. The lowest BCUT2D eigenvalue weighted by molar-refractivity contribution is 0.811. The Kier molecular flexibility index (Phi) is 3.40. The Morgan fingerprint density at radius 2 is 1.82 bits per heavy atom. The van der Waals surface area contributed by atoms with Crippen LogP contribution in [0.5, 0.6) is 0 Å². The number of benzene rings is 1. The lowest BCUT2D eigenvalue weighted by atomic mass is 10.1. The first-order valence-corrected chi connectivity index (χ1v) is 5.69. The Hall–Kier alpha value is -1.87. The number of anilines is 2. The molecule has 0 radical (unpaired) electrons. The predicted octanol–water partition coefficient (Wildman–Crippen LogP) is 2.87. The number of hydrogen-bond acceptors (Lipinski definition) is 3. The summed E-state index contributed by atoms with van der Waals surface area (Å²) >= 11 is 0. The van der Waals surface area contributed by atoms with Gasteiger partial charge in [0.05, 0.1) is 0 Å². The first-order chi connectivity index (χ1) is 8.18. The zero-order chi connectivity index (χ0) is 12.3. The molecule has 0 aliphatic rings. The molecule has 0 fully saturated rings. The van der Waals surface area contributed by atoms with E-state index in [1.165, 1.54) is 0 Å². The number of aromatic nitrogens is 1. The van der Waals surface area contributed by atoms with Crippen molar-refractivity contribution in [1.82, 2.24) is 4.98 Å². The Morgan fingerprint density at radius 1 is 1.12 bits per heavy atom. The first-order valence-electron chi connectivity index (χ1n) is 5.69. The molecule has 0 saturated carbocycles. The monoisotopic (exact) mass is 227 g/mol. The number of nitrogens with zero attached hydrogens (tertiary/aromatic N) is 2. The topological polar surface area (TPSA) is 42.1 Å². The molecule has 2 aromatic rings. The lowest BCUT2D eigenvalue weighted by Gasteiger charge is -2.18. The highest BCUT2D eigenvalue weighted by atomic mass is 15.2. The molecule has 3 nitrogen and oxygen atoms in total. The summed E-state index contributed by atoms with van der Waals surface area (Å²) in [6, 6.07) is 14.2. The van der Waals surface area contributed by atoms with Gasteiger partial charge in [0.25, 0.3) is 0 Å². The highest BCUT2D eigenvalue weighted by molar-refractivity contribution is 5.58. The van der Waals surface area contributed by atoms with Crippen LogP contribution in [0, 0.1) is 0 Å². The fraction of sp³-hybridized carbons (Fsp3) is 0.214. The van der Waals surface area contributed by atoms with Crippen LogP contribution in [-0.2, 0) is 0 Å². The highest BCUT2D eigenvalue weighted by Crippen LogP contribution is 2.21. The molecular formula is C14H17N3. The lowest BCUT2D eigenvalue weighted by Crippen LogP contribution is -2.12. The van der Waals surface area contributed by atoms with Crippen LogP contribution in [0.2, 0.25) is 0 Å². The van der Waals surface area contributed by atoms with Crippen molar-refractivity contribution < 1.29 is 0 Å². The van der Waals surface area contributed by atoms with E-state index in [0.717, 1.165) is 17.1 Å². The summed E-state index contributed by atoms with van der Waals surface area (Å²) in [6.07, 6.45) is 1.83. The molecule has 0 aliphatic carbocycles. The molecule has 3 heteroatoms. The average Bonchev–Trinajstić information content (AvgIpc) is 2.39. The van der Waals surface area contributed by atoms with Gasteiger partial charge in [0, 0.05) is 25.0 Å². The van der Waals surface area contributed by atoms with E-state index in [9.17, 15) is 0 Å². The summed E-state index contributed by atoms with van der Waals surface area (Å²) in [6.45, 7) is 1.96. The Bertz CT molecular complexity index is 463. The molecule has 1 atom stereocenters. The zero-order valence-electron chi connectivity index (χ0n) is 10.2. The standard InChI is InChI=1S/C14H17N3/c1-11(15)12-8-9-14(16-10-12)17(2)13-6-4-3-5-7-13/h3-11H,15H2,1-2H3/t11-/m1/s1. The molecular weight excluding hydrogens is 210 g/mol. The molecule has 0 spiro atoms.